The van der Waals surface area contributed by atoms with Crippen molar-refractivity contribution in [1.82, 2.24) is 14.9 Å². The monoisotopic (exact) mass is 248 g/mol. The largest absolute Gasteiger partial charge is 0.335 e. The Morgan fingerprint density at radius 1 is 1.56 bits per heavy atom. The molecule has 0 saturated carbocycles. The second-order valence-electron chi connectivity index (χ2n) is 5.28. The van der Waals surface area contributed by atoms with Crippen molar-refractivity contribution in [3.63, 3.8) is 0 Å². The zero-order chi connectivity index (χ0) is 13.6. The summed E-state index contributed by atoms with van der Waals surface area (Å²) >= 11 is 0. The summed E-state index contributed by atoms with van der Waals surface area (Å²) in [7, 11) is 0. The lowest BCUT2D eigenvalue weighted by atomic mass is 9.98. The molecule has 0 amide bonds. The number of hydrogen-bond acceptors (Lipinski definition) is 3. The van der Waals surface area contributed by atoms with Gasteiger partial charge in [0, 0.05) is 31.4 Å². The fourth-order valence-corrected chi connectivity index (χ4v) is 2.14. The molecule has 1 heterocycles. The summed E-state index contributed by atoms with van der Waals surface area (Å²) in [6.07, 6.45) is 6.71. The lowest BCUT2D eigenvalue weighted by Crippen LogP contribution is -2.45. The summed E-state index contributed by atoms with van der Waals surface area (Å²) in [5, 5.41) is 12.6. The molecule has 0 spiro atoms. The molecule has 0 aromatic carbocycles. The van der Waals surface area contributed by atoms with Crippen molar-refractivity contribution in [3.8, 4) is 6.07 Å². The van der Waals surface area contributed by atoms with Crippen LogP contribution in [0.5, 0.6) is 0 Å². The number of nitrogens with zero attached hydrogens (tertiary/aromatic N) is 3. The molecule has 1 rings (SSSR count). The van der Waals surface area contributed by atoms with Crippen molar-refractivity contribution in [1.29, 1.82) is 5.26 Å². The van der Waals surface area contributed by atoms with Gasteiger partial charge in [-0.05, 0) is 33.6 Å². The summed E-state index contributed by atoms with van der Waals surface area (Å²) in [6, 6.07) is 2.69. The van der Waals surface area contributed by atoms with Gasteiger partial charge in [0.05, 0.1) is 6.07 Å². The highest BCUT2D eigenvalue weighted by molar-refractivity contribution is 5.05. The van der Waals surface area contributed by atoms with E-state index in [9.17, 15) is 5.26 Å². The van der Waals surface area contributed by atoms with Gasteiger partial charge in [0.25, 0.3) is 0 Å². The molecule has 0 saturated heterocycles. The van der Waals surface area contributed by atoms with Crippen LogP contribution in [0, 0.1) is 11.3 Å². The number of aryl methyl sites for hydroxylation is 2. The molecule has 4 nitrogen and oxygen atoms in total. The molecule has 0 aliphatic rings. The number of nitriles is 1. The average Bonchev–Trinajstić information content (AvgIpc) is 2.74. The van der Waals surface area contributed by atoms with Gasteiger partial charge in [-0.15, -0.1) is 0 Å². The minimum Gasteiger partial charge on any atom is -0.335 e. The molecule has 18 heavy (non-hydrogen) atoms. The van der Waals surface area contributed by atoms with E-state index in [-0.39, 0.29) is 0 Å². The molecule has 1 aromatic heterocycles. The average molecular weight is 248 g/mol. The van der Waals surface area contributed by atoms with Crippen LogP contribution in [0.15, 0.2) is 12.4 Å². The highest BCUT2D eigenvalue weighted by atomic mass is 15.1. The number of aromatic nitrogens is 2. The van der Waals surface area contributed by atoms with E-state index in [1.807, 2.05) is 19.3 Å². The maximum absolute atomic E-state index is 9.30. The Morgan fingerprint density at radius 2 is 2.28 bits per heavy atom. The van der Waals surface area contributed by atoms with Crippen molar-refractivity contribution in [2.24, 2.45) is 0 Å². The molecular weight excluding hydrogens is 224 g/mol. The number of hydrogen-bond donors (Lipinski definition) is 1. The second kappa shape index (κ2) is 6.55. The van der Waals surface area contributed by atoms with Crippen LogP contribution in [0.4, 0.5) is 0 Å². The molecular formula is C14H24N4. The Balaban J connectivity index is 2.62. The van der Waals surface area contributed by atoms with Gasteiger partial charge in [0.1, 0.15) is 11.4 Å². The fraction of sp³-hybridized carbons (Fsp3) is 0.714. The summed E-state index contributed by atoms with van der Waals surface area (Å²) in [5.41, 5.74) is -0.470. The minimum absolute atomic E-state index is 0.313. The van der Waals surface area contributed by atoms with Crippen LogP contribution in [-0.4, -0.2) is 21.1 Å². The first-order valence-electron chi connectivity index (χ1n) is 6.69. The van der Waals surface area contributed by atoms with E-state index < -0.39 is 5.54 Å². The minimum atomic E-state index is -0.470. The number of rotatable bonds is 7. The van der Waals surface area contributed by atoms with Crippen molar-refractivity contribution >= 4 is 0 Å². The van der Waals surface area contributed by atoms with Gasteiger partial charge < -0.3 is 4.57 Å². The zero-order valence-electron chi connectivity index (χ0n) is 11.9. The van der Waals surface area contributed by atoms with Crippen LogP contribution >= 0.6 is 0 Å². The molecule has 0 bridgehead atoms. The third kappa shape index (κ3) is 4.15. The van der Waals surface area contributed by atoms with Gasteiger partial charge in [0.15, 0.2) is 0 Å². The van der Waals surface area contributed by atoms with E-state index in [1.165, 1.54) is 0 Å². The van der Waals surface area contributed by atoms with E-state index in [0.29, 0.717) is 6.04 Å². The van der Waals surface area contributed by atoms with Crippen LogP contribution in [0.3, 0.4) is 0 Å². The predicted octanol–water partition coefficient (Wildman–Crippen LogP) is 2.51. The number of imidazole rings is 1. The highest BCUT2D eigenvalue weighted by Gasteiger charge is 2.24. The van der Waals surface area contributed by atoms with Crippen LogP contribution in [0.25, 0.3) is 0 Å². The Hall–Kier alpha value is -1.34. The molecule has 0 aliphatic heterocycles. The molecule has 100 valence electrons. The third-order valence-corrected chi connectivity index (χ3v) is 2.98. The summed E-state index contributed by atoms with van der Waals surface area (Å²) in [5.74, 6) is 1.11. The van der Waals surface area contributed by atoms with E-state index >= 15 is 0 Å². The van der Waals surface area contributed by atoms with Gasteiger partial charge in [0.2, 0.25) is 0 Å². The van der Waals surface area contributed by atoms with Crippen molar-refractivity contribution in [2.45, 2.75) is 65.1 Å². The first kappa shape index (κ1) is 14.7. The van der Waals surface area contributed by atoms with Gasteiger partial charge in [-0.3, -0.25) is 5.32 Å². The van der Waals surface area contributed by atoms with Crippen molar-refractivity contribution in [3.05, 3.63) is 18.2 Å². The first-order valence-corrected chi connectivity index (χ1v) is 6.69. The molecule has 4 heteroatoms. The third-order valence-electron chi connectivity index (χ3n) is 2.98. The van der Waals surface area contributed by atoms with Crippen molar-refractivity contribution < 1.29 is 0 Å². The van der Waals surface area contributed by atoms with Gasteiger partial charge in [-0.1, -0.05) is 6.92 Å². The molecule has 1 aromatic rings. The van der Waals surface area contributed by atoms with E-state index in [2.05, 4.69) is 41.7 Å². The smallest absolute Gasteiger partial charge is 0.108 e. The quantitative estimate of drug-likeness (QED) is 0.806. The Bertz CT molecular complexity index is 402. The van der Waals surface area contributed by atoms with E-state index in [1.54, 1.807) is 0 Å². The number of nitrogens with one attached hydrogen (secondary N) is 1. The van der Waals surface area contributed by atoms with Crippen molar-refractivity contribution in [2.75, 3.05) is 0 Å². The molecule has 1 atom stereocenters. The SMILES string of the molecule is CCCc1nccn1CCC(C)(C#N)NC(C)C. The van der Waals surface area contributed by atoms with Gasteiger partial charge in [-0.25, -0.2) is 4.98 Å². The van der Waals surface area contributed by atoms with Crippen LogP contribution in [0.2, 0.25) is 0 Å². The molecule has 0 fully saturated rings. The lowest BCUT2D eigenvalue weighted by molar-refractivity contribution is 0.360. The predicted molar refractivity (Wildman–Crippen MR) is 73.1 cm³/mol. The summed E-state index contributed by atoms with van der Waals surface area (Å²) in [4.78, 5) is 4.35. The highest BCUT2D eigenvalue weighted by Crippen LogP contribution is 2.13. The van der Waals surface area contributed by atoms with Gasteiger partial charge in [-0.2, -0.15) is 5.26 Å². The maximum atomic E-state index is 9.30. The van der Waals surface area contributed by atoms with Crippen LogP contribution in [-0.2, 0) is 13.0 Å². The topological polar surface area (TPSA) is 53.6 Å². The molecule has 1 unspecified atom stereocenters. The normalized spacial score (nSPS) is 14.4. The van der Waals surface area contributed by atoms with Crippen LogP contribution in [0.1, 0.15) is 46.4 Å². The Morgan fingerprint density at radius 3 is 2.83 bits per heavy atom. The fourth-order valence-electron chi connectivity index (χ4n) is 2.14. The second-order valence-corrected chi connectivity index (χ2v) is 5.28. The maximum Gasteiger partial charge on any atom is 0.108 e. The van der Waals surface area contributed by atoms with Crippen LogP contribution < -0.4 is 5.32 Å². The molecule has 0 aliphatic carbocycles. The Labute approximate surface area is 110 Å². The molecule has 0 radical (unpaired) electrons. The zero-order valence-corrected chi connectivity index (χ0v) is 11.9. The first-order chi connectivity index (χ1) is 8.50. The summed E-state index contributed by atoms with van der Waals surface area (Å²) < 4.78 is 2.15. The standard InChI is InChI=1S/C14H24N4/c1-5-6-13-16-8-10-18(13)9-7-14(4,11-15)17-12(2)3/h8,10,12,17H,5-7,9H2,1-4H3. The lowest BCUT2D eigenvalue weighted by Gasteiger charge is -2.26. The summed E-state index contributed by atoms with van der Waals surface area (Å²) in [6.45, 7) is 9.08. The van der Waals surface area contributed by atoms with Gasteiger partial charge >= 0.3 is 0 Å². The Kier molecular flexibility index (Phi) is 5.36. The van der Waals surface area contributed by atoms with E-state index in [0.717, 1.165) is 31.6 Å². The van der Waals surface area contributed by atoms with E-state index in [4.69, 9.17) is 0 Å². The molecule has 1 N–H and O–H groups in total.